The van der Waals surface area contributed by atoms with Crippen molar-refractivity contribution in [3.05, 3.63) is 28.3 Å². The molecule has 2 N–H and O–H groups in total. The molecule has 1 aromatic carbocycles. The van der Waals surface area contributed by atoms with E-state index in [1.165, 1.54) is 25.3 Å². The van der Waals surface area contributed by atoms with Crippen molar-refractivity contribution in [1.29, 1.82) is 0 Å². The molecule has 0 aromatic heterocycles. The zero-order chi connectivity index (χ0) is 18.1. The van der Waals surface area contributed by atoms with Gasteiger partial charge in [-0.1, -0.05) is 6.92 Å². The maximum absolute atomic E-state index is 11.8. The predicted molar refractivity (Wildman–Crippen MR) is 86.0 cm³/mol. The Kier molecular flexibility index (Phi) is 7.47. The number of rotatable bonds is 9. The molecular weight excluding hydrogens is 318 g/mol. The largest absolute Gasteiger partial charge is 0.493 e. The van der Waals surface area contributed by atoms with E-state index in [1.807, 2.05) is 6.92 Å². The monoisotopic (exact) mass is 339 g/mol. The van der Waals surface area contributed by atoms with E-state index in [1.54, 1.807) is 6.92 Å². The number of carbonyl (C=O) groups excluding carboxylic acids is 2. The SMILES string of the molecule is CCCNC(=O)[C@@H](C)NC(=O)COc1cc([N+](=O)[O-])ccc1OC. The first kappa shape index (κ1) is 19.2. The van der Waals surface area contributed by atoms with Crippen LogP contribution in [-0.4, -0.2) is 43.0 Å². The quantitative estimate of drug-likeness (QED) is 0.512. The topological polar surface area (TPSA) is 120 Å². The minimum atomic E-state index is -0.709. The lowest BCUT2D eigenvalue weighted by molar-refractivity contribution is -0.385. The fourth-order valence-corrected chi connectivity index (χ4v) is 1.79. The average molecular weight is 339 g/mol. The zero-order valence-corrected chi connectivity index (χ0v) is 13.8. The van der Waals surface area contributed by atoms with Crippen LogP contribution in [0.2, 0.25) is 0 Å². The Morgan fingerprint density at radius 1 is 1.33 bits per heavy atom. The summed E-state index contributed by atoms with van der Waals surface area (Å²) in [7, 11) is 1.38. The van der Waals surface area contributed by atoms with Crippen molar-refractivity contribution in [3.8, 4) is 11.5 Å². The lowest BCUT2D eigenvalue weighted by Crippen LogP contribution is -2.46. The van der Waals surface area contributed by atoms with E-state index in [0.717, 1.165) is 6.42 Å². The van der Waals surface area contributed by atoms with E-state index in [2.05, 4.69) is 10.6 Å². The molecule has 132 valence electrons. The number of nitro benzene ring substituents is 1. The van der Waals surface area contributed by atoms with Gasteiger partial charge in [0.2, 0.25) is 5.91 Å². The van der Waals surface area contributed by atoms with Crippen LogP contribution in [0.4, 0.5) is 5.69 Å². The lowest BCUT2D eigenvalue weighted by atomic mass is 10.3. The Bertz CT molecular complexity index is 605. The molecule has 24 heavy (non-hydrogen) atoms. The van der Waals surface area contributed by atoms with E-state index in [0.29, 0.717) is 6.54 Å². The summed E-state index contributed by atoms with van der Waals surface area (Å²) in [6.45, 7) is 3.60. The number of hydrogen-bond donors (Lipinski definition) is 2. The summed E-state index contributed by atoms with van der Waals surface area (Å²) >= 11 is 0. The number of hydrogen-bond acceptors (Lipinski definition) is 6. The van der Waals surface area contributed by atoms with Crippen LogP contribution in [0.15, 0.2) is 18.2 Å². The number of nitrogens with zero attached hydrogens (tertiary/aromatic N) is 1. The summed E-state index contributed by atoms with van der Waals surface area (Å²) in [6.07, 6.45) is 0.794. The molecule has 0 bridgehead atoms. The normalized spacial score (nSPS) is 11.3. The number of benzene rings is 1. The van der Waals surface area contributed by atoms with E-state index in [4.69, 9.17) is 9.47 Å². The molecule has 2 amide bonds. The van der Waals surface area contributed by atoms with Gasteiger partial charge >= 0.3 is 0 Å². The van der Waals surface area contributed by atoms with Gasteiger partial charge in [0.1, 0.15) is 6.04 Å². The van der Waals surface area contributed by atoms with Crippen molar-refractivity contribution in [2.75, 3.05) is 20.3 Å². The van der Waals surface area contributed by atoms with Gasteiger partial charge in [-0.3, -0.25) is 19.7 Å². The van der Waals surface area contributed by atoms with Gasteiger partial charge in [-0.05, 0) is 19.4 Å². The molecule has 0 radical (unpaired) electrons. The fourth-order valence-electron chi connectivity index (χ4n) is 1.79. The first-order valence-electron chi connectivity index (χ1n) is 7.41. The van der Waals surface area contributed by atoms with Crippen LogP contribution in [0.25, 0.3) is 0 Å². The standard InChI is InChI=1S/C15H21N3O6/c1-4-7-16-15(20)10(2)17-14(19)9-24-13-8-11(18(21)22)5-6-12(13)23-3/h5-6,8,10H,4,7,9H2,1-3H3,(H,16,20)(H,17,19)/t10-/m1/s1. The van der Waals surface area contributed by atoms with Gasteiger partial charge in [0, 0.05) is 12.6 Å². The Morgan fingerprint density at radius 3 is 2.62 bits per heavy atom. The Balaban J connectivity index is 2.62. The highest BCUT2D eigenvalue weighted by Crippen LogP contribution is 2.30. The third-order valence-electron chi connectivity index (χ3n) is 3.04. The molecule has 0 saturated heterocycles. The highest BCUT2D eigenvalue weighted by molar-refractivity contribution is 5.87. The third-order valence-corrected chi connectivity index (χ3v) is 3.04. The minimum Gasteiger partial charge on any atom is -0.493 e. The molecular formula is C15H21N3O6. The van der Waals surface area contributed by atoms with Gasteiger partial charge in [0.15, 0.2) is 18.1 Å². The Morgan fingerprint density at radius 2 is 2.04 bits per heavy atom. The minimum absolute atomic E-state index is 0.0740. The summed E-state index contributed by atoms with van der Waals surface area (Å²) in [4.78, 5) is 33.7. The number of methoxy groups -OCH3 is 1. The van der Waals surface area contributed by atoms with Gasteiger partial charge < -0.3 is 20.1 Å². The third kappa shape index (κ3) is 5.75. The second kappa shape index (κ2) is 9.33. The molecule has 9 nitrogen and oxygen atoms in total. The van der Waals surface area contributed by atoms with Gasteiger partial charge in [0.25, 0.3) is 11.6 Å². The molecule has 0 aliphatic carbocycles. The van der Waals surface area contributed by atoms with E-state index < -0.39 is 23.5 Å². The molecule has 1 aromatic rings. The molecule has 9 heteroatoms. The Labute approximate surface area is 139 Å². The van der Waals surface area contributed by atoms with E-state index in [9.17, 15) is 19.7 Å². The summed E-state index contributed by atoms with van der Waals surface area (Å²) in [6, 6.07) is 3.11. The maximum atomic E-state index is 11.8. The van der Waals surface area contributed by atoms with Gasteiger partial charge in [-0.15, -0.1) is 0 Å². The molecule has 1 rings (SSSR count). The van der Waals surface area contributed by atoms with Gasteiger partial charge in [-0.25, -0.2) is 0 Å². The van der Waals surface area contributed by atoms with Crippen molar-refractivity contribution in [3.63, 3.8) is 0 Å². The van der Waals surface area contributed by atoms with Crippen LogP contribution >= 0.6 is 0 Å². The number of amides is 2. The second-order valence-electron chi connectivity index (χ2n) is 4.96. The van der Waals surface area contributed by atoms with Crippen LogP contribution < -0.4 is 20.1 Å². The Hall–Kier alpha value is -2.84. The van der Waals surface area contributed by atoms with Crippen molar-refractivity contribution < 1.29 is 24.0 Å². The first-order chi connectivity index (χ1) is 11.4. The van der Waals surface area contributed by atoms with Gasteiger partial charge in [0.05, 0.1) is 18.1 Å². The van der Waals surface area contributed by atoms with Crippen LogP contribution in [0, 0.1) is 10.1 Å². The lowest BCUT2D eigenvalue weighted by Gasteiger charge is -2.15. The molecule has 1 atom stereocenters. The number of nitrogens with one attached hydrogen (secondary N) is 2. The number of non-ortho nitro benzene ring substituents is 1. The average Bonchev–Trinajstić information content (AvgIpc) is 2.57. The highest BCUT2D eigenvalue weighted by Gasteiger charge is 2.17. The zero-order valence-electron chi connectivity index (χ0n) is 13.8. The van der Waals surface area contributed by atoms with Crippen LogP contribution in [0.3, 0.4) is 0 Å². The summed E-state index contributed by atoms with van der Waals surface area (Å²) in [5, 5.41) is 15.9. The van der Waals surface area contributed by atoms with Crippen molar-refractivity contribution in [2.45, 2.75) is 26.3 Å². The fraction of sp³-hybridized carbons (Fsp3) is 0.467. The predicted octanol–water partition coefficient (Wildman–Crippen LogP) is 1.01. The van der Waals surface area contributed by atoms with Crippen LogP contribution in [0.1, 0.15) is 20.3 Å². The van der Waals surface area contributed by atoms with Crippen LogP contribution in [0.5, 0.6) is 11.5 Å². The number of carbonyl (C=O) groups is 2. The van der Waals surface area contributed by atoms with E-state index >= 15 is 0 Å². The van der Waals surface area contributed by atoms with Crippen molar-refractivity contribution in [2.24, 2.45) is 0 Å². The molecule has 0 fully saturated rings. The van der Waals surface area contributed by atoms with Crippen molar-refractivity contribution >= 4 is 17.5 Å². The van der Waals surface area contributed by atoms with E-state index in [-0.39, 0.29) is 23.1 Å². The number of ether oxygens (including phenoxy) is 2. The maximum Gasteiger partial charge on any atom is 0.273 e. The van der Waals surface area contributed by atoms with Crippen molar-refractivity contribution in [1.82, 2.24) is 10.6 Å². The van der Waals surface area contributed by atoms with Gasteiger partial charge in [-0.2, -0.15) is 0 Å². The molecule has 0 heterocycles. The second-order valence-corrected chi connectivity index (χ2v) is 4.96. The summed E-state index contributed by atoms with van der Waals surface area (Å²) in [5.41, 5.74) is -0.182. The molecule has 0 unspecified atom stereocenters. The van der Waals surface area contributed by atoms with Crippen LogP contribution in [-0.2, 0) is 9.59 Å². The molecule has 0 saturated carbocycles. The highest BCUT2D eigenvalue weighted by atomic mass is 16.6. The molecule has 0 aliphatic heterocycles. The first-order valence-corrected chi connectivity index (χ1v) is 7.41. The smallest absolute Gasteiger partial charge is 0.273 e. The molecule has 0 spiro atoms. The molecule has 0 aliphatic rings. The summed E-state index contributed by atoms with van der Waals surface area (Å²) in [5.74, 6) is -0.479. The summed E-state index contributed by atoms with van der Waals surface area (Å²) < 4.78 is 10.3. The number of nitro groups is 1.